The van der Waals surface area contributed by atoms with Crippen LogP contribution in [0.15, 0.2) is 10.7 Å². The Kier molecular flexibility index (Phi) is 5.69. The number of hydrogen-bond donors (Lipinski definition) is 0. The van der Waals surface area contributed by atoms with Crippen molar-refractivity contribution in [2.24, 2.45) is 7.05 Å². The van der Waals surface area contributed by atoms with Gasteiger partial charge in [0.15, 0.2) is 5.69 Å². The van der Waals surface area contributed by atoms with E-state index in [1.807, 2.05) is 20.2 Å². The fourth-order valence-electron chi connectivity index (χ4n) is 3.93. The van der Waals surface area contributed by atoms with Crippen LogP contribution in [0.3, 0.4) is 0 Å². The number of piperazine rings is 1. The molecule has 0 radical (unpaired) electrons. The second-order valence-corrected chi connectivity index (χ2v) is 8.84. The molecule has 1 aliphatic heterocycles. The largest absolute Gasteiger partial charge is 0.436 e. The summed E-state index contributed by atoms with van der Waals surface area (Å²) in [5, 5.41) is 8.09. The van der Waals surface area contributed by atoms with Crippen molar-refractivity contribution in [2.75, 3.05) is 26.2 Å². The molecule has 0 bridgehead atoms. The average molecular weight is 489 g/mol. The summed E-state index contributed by atoms with van der Waals surface area (Å²) in [6.45, 7) is 5.11. The van der Waals surface area contributed by atoms with Crippen LogP contribution in [0.1, 0.15) is 41.4 Å². The molecule has 2 aromatic rings. The van der Waals surface area contributed by atoms with Crippen LogP contribution < -0.4 is 0 Å². The molecule has 0 spiro atoms. The summed E-state index contributed by atoms with van der Waals surface area (Å²) in [5.41, 5.74) is 1.69. The molecule has 0 N–H and O–H groups in total. The van der Waals surface area contributed by atoms with Gasteiger partial charge in [-0.05, 0) is 35.7 Å². The monoisotopic (exact) mass is 488 g/mol. The molecule has 4 rings (SSSR count). The topological polar surface area (TPSA) is 59.2 Å². The predicted molar refractivity (Wildman–Crippen MR) is 107 cm³/mol. The molecular formula is C19H24BrF3N6O. The minimum absolute atomic E-state index is 0.0260. The van der Waals surface area contributed by atoms with Crippen molar-refractivity contribution in [1.29, 1.82) is 0 Å². The van der Waals surface area contributed by atoms with Gasteiger partial charge in [-0.1, -0.05) is 0 Å². The quantitative estimate of drug-likeness (QED) is 0.649. The van der Waals surface area contributed by atoms with Crippen molar-refractivity contribution in [3.05, 3.63) is 33.3 Å². The molecule has 1 aliphatic carbocycles. The summed E-state index contributed by atoms with van der Waals surface area (Å²) < 4.78 is 42.8. The van der Waals surface area contributed by atoms with Crippen LogP contribution in [0.4, 0.5) is 13.2 Å². The molecule has 0 unspecified atom stereocenters. The van der Waals surface area contributed by atoms with Crippen molar-refractivity contribution >= 4 is 21.8 Å². The number of carbonyl (C=O) groups excluding carboxylic acids is 1. The third-order valence-corrected chi connectivity index (χ3v) is 6.47. The van der Waals surface area contributed by atoms with Crippen LogP contribution in [-0.2, 0) is 31.1 Å². The Bertz CT molecular complexity index is 941. The number of amides is 1. The van der Waals surface area contributed by atoms with E-state index >= 15 is 0 Å². The highest BCUT2D eigenvalue weighted by Gasteiger charge is 2.42. The highest BCUT2D eigenvalue weighted by atomic mass is 79.9. The zero-order valence-corrected chi connectivity index (χ0v) is 18.5. The van der Waals surface area contributed by atoms with E-state index in [1.165, 1.54) is 4.68 Å². The SMILES string of the molecule is Cc1nn(C)cc1CN1CCN(C(=O)Cn2nc(C(F)(F)F)c(Br)c2C2CC2)CC1. The zero-order chi connectivity index (χ0) is 21.6. The number of rotatable bonds is 5. The molecule has 2 aliphatic rings. The van der Waals surface area contributed by atoms with Gasteiger partial charge in [0.1, 0.15) is 6.54 Å². The van der Waals surface area contributed by atoms with Crippen molar-refractivity contribution in [1.82, 2.24) is 29.4 Å². The number of nitrogens with zero attached hydrogens (tertiary/aromatic N) is 6. The summed E-state index contributed by atoms with van der Waals surface area (Å²) in [5.74, 6) is -0.159. The molecular weight excluding hydrogens is 465 g/mol. The van der Waals surface area contributed by atoms with Gasteiger partial charge in [0.05, 0.1) is 15.9 Å². The molecule has 1 amide bonds. The van der Waals surface area contributed by atoms with Gasteiger partial charge in [-0.15, -0.1) is 0 Å². The Morgan fingerprint density at radius 2 is 1.87 bits per heavy atom. The zero-order valence-electron chi connectivity index (χ0n) is 16.9. The summed E-state index contributed by atoms with van der Waals surface area (Å²) in [6, 6.07) is 0. The van der Waals surface area contributed by atoms with Gasteiger partial charge in [0, 0.05) is 57.4 Å². The Morgan fingerprint density at radius 1 is 1.20 bits per heavy atom. The van der Waals surface area contributed by atoms with Crippen LogP contribution in [-0.4, -0.2) is 61.4 Å². The summed E-state index contributed by atoms with van der Waals surface area (Å²) in [4.78, 5) is 16.8. The lowest BCUT2D eigenvalue weighted by Gasteiger charge is -2.34. The highest BCUT2D eigenvalue weighted by Crippen LogP contribution is 2.47. The van der Waals surface area contributed by atoms with E-state index in [9.17, 15) is 18.0 Å². The van der Waals surface area contributed by atoms with Crippen molar-refractivity contribution in [3.8, 4) is 0 Å². The first-order chi connectivity index (χ1) is 14.1. The first-order valence-corrected chi connectivity index (χ1v) is 10.8. The lowest BCUT2D eigenvalue weighted by molar-refractivity contribution is -0.142. The fourth-order valence-corrected chi connectivity index (χ4v) is 4.76. The van der Waals surface area contributed by atoms with Gasteiger partial charge < -0.3 is 4.90 Å². The lowest BCUT2D eigenvalue weighted by atomic mass is 10.2. The number of carbonyl (C=O) groups is 1. The molecule has 164 valence electrons. The predicted octanol–water partition coefficient (Wildman–Crippen LogP) is 2.93. The van der Waals surface area contributed by atoms with Crippen molar-refractivity contribution < 1.29 is 18.0 Å². The van der Waals surface area contributed by atoms with Crippen LogP contribution in [0.2, 0.25) is 0 Å². The van der Waals surface area contributed by atoms with Gasteiger partial charge in [-0.25, -0.2) is 0 Å². The molecule has 7 nitrogen and oxygen atoms in total. The maximum atomic E-state index is 13.3. The van der Waals surface area contributed by atoms with Crippen LogP contribution >= 0.6 is 15.9 Å². The summed E-state index contributed by atoms with van der Waals surface area (Å²) in [6.07, 6.45) is -0.905. The normalized spacial score (nSPS) is 18.3. The molecule has 2 fully saturated rings. The lowest BCUT2D eigenvalue weighted by Crippen LogP contribution is -2.49. The fraction of sp³-hybridized carbons (Fsp3) is 0.632. The third kappa shape index (κ3) is 4.41. The smallest absolute Gasteiger partial charge is 0.339 e. The highest BCUT2D eigenvalue weighted by molar-refractivity contribution is 9.10. The number of aryl methyl sites for hydroxylation is 2. The molecule has 30 heavy (non-hydrogen) atoms. The maximum absolute atomic E-state index is 13.3. The van der Waals surface area contributed by atoms with E-state index in [0.29, 0.717) is 31.9 Å². The Hall–Kier alpha value is -1.88. The first-order valence-electron chi connectivity index (χ1n) is 9.96. The second kappa shape index (κ2) is 7.99. The van der Waals surface area contributed by atoms with E-state index < -0.39 is 11.9 Å². The maximum Gasteiger partial charge on any atom is 0.436 e. The number of alkyl halides is 3. The van der Waals surface area contributed by atoms with Crippen molar-refractivity contribution in [2.45, 2.75) is 44.9 Å². The number of halogens is 4. The van der Waals surface area contributed by atoms with Gasteiger partial charge in [-0.3, -0.25) is 19.1 Å². The Labute approximate surface area is 180 Å². The van der Waals surface area contributed by atoms with Crippen LogP contribution in [0.25, 0.3) is 0 Å². The molecule has 1 saturated heterocycles. The third-order valence-electron chi connectivity index (χ3n) is 5.68. The number of aromatic nitrogens is 4. The summed E-state index contributed by atoms with van der Waals surface area (Å²) in [7, 11) is 1.89. The van der Waals surface area contributed by atoms with E-state index in [2.05, 4.69) is 31.0 Å². The van der Waals surface area contributed by atoms with Crippen LogP contribution in [0.5, 0.6) is 0 Å². The van der Waals surface area contributed by atoms with Gasteiger partial charge in [0.2, 0.25) is 5.91 Å². The van der Waals surface area contributed by atoms with E-state index in [1.54, 1.807) is 9.58 Å². The molecule has 2 aromatic heterocycles. The molecule has 0 aromatic carbocycles. The van der Waals surface area contributed by atoms with Gasteiger partial charge in [-0.2, -0.15) is 23.4 Å². The number of hydrogen-bond acceptors (Lipinski definition) is 4. The minimum atomic E-state index is -4.55. The van der Waals surface area contributed by atoms with E-state index in [0.717, 1.165) is 30.6 Å². The molecule has 11 heteroatoms. The second-order valence-electron chi connectivity index (χ2n) is 8.05. The molecule has 0 atom stereocenters. The minimum Gasteiger partial charge on any atom is -0.339 e. The average Bonchev–Trinajstić information content (AvgIpc) is 3.37. The molecule has 1 saturated carbocycles. The van der Waals surface area contributed by atoms with Crippen LogP contribution in [0, 0.1) is 6.92 Å². The molecule has 3 heterocycles. The Morgan fingerprint density at radius 3 is 2.40 bits per heavy atom. The Balaban J connectivity index is 1.39. The van der Waals surface area contributed by atoms with E-state index in [4.69, 9.17) is 0 Å². The summed E-state index contributed by atoms with van der Waals surface area (Å²) >= 11 is 3.07. The van der Waals surface area contributed by atoms with Gasteiger partial charge >= 0.3 is 6.18 Å². The first kappa shape index (κ1) is 21.4. The van der Waals surface area contributed by atoms with Crippen molar-refractivity contribution in [3.63, 3.8) is 0 Å². The van der Waals surface area contributed by atoms with E-state index in [-0.39, 0.29) is 22.8 Å². The standard InChI is InChI=1S/C19H24BrF3N6O/c1-12-14(9-26(2)24-12)10-27-5-7-28(8-6-27)15(30)11-29-17(13-3-4-13)16(20)18(25-29)19(21,22)23/h9,13H,3-8,10-11H2,1-2H3. The van der Waals surface area contributed by atoms with Gasteiger partial charge in [0.25, 0.3) is 0 Å².